The van der Waals surface area contributed by atoms with E-state index < -0.39 is 0 Å². The first-order chi connectivity index (χ1) is 9.97. The summed E-state index contributed by atoms with van der Waals surface area (Å²) >= 11 is 6.05. The molecule has 2 N–H and O–H groups in total. The number of aryl methyl sites for hydroxylation is 1. The number of nitrogens with zero attached hydrogens (tertiary/aromatic N) is 1. The fourth-order valence-electron chi connectivity index (χ4n) is 2.37. The molecule has 21 heavy (non-hydrogen) atoms. The lowest BCUT2D eigenvalue weighted by molar-refractivity contribution is -0.130. The topological polar surface area (TPSA) is 63.4 Å². The van der Waals surface area contributed by atoms with Gasteiger partial charge in [-0.25, -0.2) is 0 Å². The number of benzene rings is 1. The molecule has 1 saturated heterocycles. The van der Waals surface area contributed by atoms with Crippen LogP contribution in [0.4, 0.5) is 0 Å². The Balaban J connectivity index is 1.94. The Morgan fingerprint density at radius 2 is 2.00 bits per heavy atom. The minimum absolute atomic E-state index is 0.0467. The first-order valence-electron chi connectivity index (χ1n) is 7.00. The van der Waals surface area contributed by atoms with Gasteiger partial charge in [0, 0.05) is 30.1 Å². The lowest BCUT2D eigenvalue weighted by Crippen LogP contribution is -2.41. The highest BCUT2D eigenvalue weighted by Gasteiger charge is 2.24. The number of likely N-dealkylation sites (tertiary alicyclic amines) is 1. The molecule has 4 nitrogen and oxygen atoms in total. The van der Waals surface area contributed by atoms with E-state index in [0.717, 1.165) is 11.1 Å². The predicted octanol–water partition coefficient (Wildman–Crippen LogP) is 2.39. The van der Waals surface area contributed by atoms with Gasteiger partial charge >= 0.3 is 0 Å². The maximum absolute atomic E-state index is 12.1. The number of halogens is 1. The van der Waals surface area contributed by atoms with Gasteiger partial charge in [-0.15, -0.1) is 0 Å². The standard InChI is InChI=1S/C16H19ClN2O2/c1-11-2-3-12(10-14(11)17)4-5-15(20)19-8-6-13(7-9-19)16(18)21/h2-5,10,13H,6-9H2,1H3,(H2,18,21)/b5-4-. The van der Waals surface area contributed by atoms with E-state index >= 15 is 0 Å². The van der Waals surface area contributed by atoms with Gasteiger partial charge in [0.05, 0.1) is 0 Å². The second kappa shape index (κ2) is 6.76. The summed E-state index contributed by atoms with van der Waals surface area (Å²) < 4.78 is 0. The average molecular weight is 307 g/mol. The van der Waals surface area contributed by atoms with Crippen LogP contribution >= 0.6 is 11.6 Å². The smallest absolute Gasteiger partial charge is 0.246 e. The summed E-state index contributed by atoms with van der Waals surface area (Å²) in [6, 6.07) is 5.68. The fourth-order valence-corrected chi connectivity index (χ4v) is 2.56. The summed E-state index contributed by atoms with van der Waals surface area (Å²) in [6.45, 7) is 3.08. The molecule has 0 aliphatic carbocycles. The Labute approximate surface area is 129 Å². The minimum atomic E-state index is -0.271. The summed E-state index contributed by atoms with van der Waals surface area (Å²) in [6.07, 6.45) is 4.59. The molecule has 1 heterocycles. The zero-order chi connectivity index (χ0) is 15.4. The largest absolute Gasteiger partial charge is 0.369 e. The summed E-state index contributed by atoms with van der Waals surface area (Å²) in [7, 11) is 0. The molecular weight excluding hydrogens is 288 g/mol. The number of rotatable bonds is 3. The molecule has 0 spiro atoms. The molecule has 2 rings (SSSR count). The number of hydrogen-bond donors (Lipinski definition) is 1. The molecule has 1 aromatic carbocycles. The molecule has 2 amide bonds. The van der Waals surface area contributed by atoms with E-state index in [1.165, 1.54) is 0 Å². The second-order valence-corrected chi connectivity index (χ2v) is 5.75. The van der Waals surface area contributed by atoms with Gasteiger partial charge in [-0.2, -0.15) is 0 Å². The molecule has 0 atom stereocenters. The minimum Gasteiger partial charge on any atom is -0.369 e. The van der Waals surface area contributed by atoms with Crippen molar-refractivity contribution >= 4 is 29.5 Å². The third kappa shape index (κ3) is 4.08. The van der Waals surface area contributed by atoms with Crippen LogP contribution < -0.4 is 5.73 Å². The number of carbonyl (C=O) groups is 2. The van der Waals surface area contributed by atoms with Gasteiger partial charge in [-0.1, -0.05) is 23.7 Å². The van der Waals surface area contributed by atoms with Crippen LogP contribution in [0.3, 0.4) is 0 Å². The van der Waals surface area contributed by atoms with Gasteiger partial charge in [0.1, 0.15) is 0 Å². The van der Waals surface area contributed by atoms with Crippen molar-refractivity contribution in [1.82, 2.24) is 4.90 Å². The highest BCUT2D eigenvalue weighted by Crippen LogP contribution is 2.19. The maximum atomic E-state index is 12.1. The van der Waals surface area contributed by atoms with E-state index in [1.807, 2.05) is 25.1 Å². The number of piperidine rings is 1. The number of nitrogens with two attached hydrogens (primary N) is 1. The van der Waals surface area contributed by atoms with Crippen molar-refractivity contribution in [2.45, 2.75) is 19.8 Å². The quantitative estimate of drug-likeness (QED) is 0.872. The van der Waals surface area contributed by atoms with Crippen LogP contribution in [0.25, 0.3) is 6.08 Å². The van der Waals surface area contributed by atoms with Crippen molar-refractivity contribution in [3.8, 4) is 0 Å². The van der Waals surface area contributed by atoms with E-state index in [1.54, 1.807) is 17.1 Å². The first-order valence-corrected chi connectivity index (χ1v) is 7.37. The van der Waals surface area contributed by atoms with Crippen LogP contribution in [-0.2, 0) is 9.59 Å². The molecule has 1 aromatic rings. The Kier molecular flexibility index (Phi) is 5.02. The highest BCUT2D eigenvalue weighted by molar-refractivity contribution is 6.31. The number of primary amides is 1. The van der Waals surface area contributed by atoms with E-state index in [0.29, 0.717) is 31.0 Å². The van der Waals surface area contributed by atoms with Gasteiger partial charge in [0.25, 0.3) is 0 Å². The van der Waals surface area contributed by atoms with E-state index in [2.05, 4.69) is 0 Å². The Morgan fingerprint density at radius 3 is 2.57 bits per heavy atom. The Morgan fingerprint density at radius 1 is 1.33 bits per heavy atom. The van der Waals surface area contributed by atoms with Crippen molar-refractivity contribution < 1.29 is 9.59 Å². The van der Waals surface area contributed by atoms with Gasteiger partial charge in [0.2, 0.25) is 11.8 Å². The molecule has 1 aliphatic heterocycles. The average Bonchev–Trinajstić information content (AvgIpc) is 2.48. The summed E-state index contributed by atoms with van der Waals surface area (Å²) in [5.74, 6) is -0.421. The second-order valence-electron chi connectivity index (χ2n) is 5.34. The lowest BCUT2D eigenvalue weighted by Gasteiger charge is -2.29. The van der Waals surface area contributed by atoms with Crippen LogP contribution in [-0.4, -0.2) is 29.8 Å². The zero-order valence-corrected chi connectivity index (χ0v) is 12.8. The molecule has 0 bridgehead atoms. The predicted molar refractivity (Wildman–Crippen MR) is 83.7 cm³/mol. The lowest BCUT2D eigenvalue weighted by atomic mass is 9.96. The molecule has 1 fully saturated rings. The molecule has 1 aliphatic rings. The van der Waals surface area contributed by atoms with Gasteiger partial charge < -0.3 is 10.6 Å². The molecular formula is C16H19ClN2O2. The van der Waals surface area contributed by atoms with Gasteiger partial charge in [0.15, 0.2) is 0 Å². The van der Waals surface area contributed by atoms with Gasteiger partial charge in [-0.3, -0.25) is 9.59 Å². The fraction of sp³-hybridized carbons (Fsp3) is 0.375. The molecule has 0 radical (unpaired) electrons. The SMILES string of the molecule is Cc1ccc(/C=C\C(=O)N2CCC(C(N)=O)CC2)cc1Cl. The summed E-state index contributed by atoms with van der Waals surface area (Å²) in [4.78, 5) is 24.9. The number of carbonyl (C=O) groups excluding carboxylic acids is 2. The third-order valence-electron chi connectivity index (χ3n) is 3.82. The molecule has 5 heteroatoms. The van der Waals surface area contributed by atoms with Crippen LogP contribution in [0.15, 0.2) is 24.3 Å². The molecule has 112 valence electrons. The summed E-state index contributed by atoms with van der Waals surface area (Å²) in [5, 5.41) is 0.687. The van der Waals surface area contributed by atoms with Crippen LogP contribution in [0.5, 0.6) is 0 Å². The monoisotopic (exact) mass is 306 g/mol. The van der Waals surface area contributed by atoms with Crippen molar-refractivity contribution in [2.75, 3.05) is 13.1 Å². The van der Waals surface area contributed by atoms with Gasteiger partial charge in [-0.05, 0) is 43.0 Å². The molecule has 0 aromatic heterocycles. The van der Waals surface area contributed by atoms with E-state index in [-0.39, 0.29) is 17.7 Å². The number of hydrogen-bond acceptors (Lipinski definition) is 2. The van der Waals surface area contributed by atoms with Crippen LogP contribution in [0, 0.1) is 12.8 Å². The zero-order valence-electron chi connectivity index (χ0n) is 12.0. The third-order valence-corrected chi connectivity index (χ3v) is 4.23. The van der Waals surface area contributed by atoms with Crippen molar-refractivity contribution in [1.29, 1.82) is 0 Å². The Bertz CT molecular complexity index is 576. The van der Waals surface area contributed by atoms with Crippen molar-refractivity contribution in [3.05, 3.63) is 40.4 Å². The van der Waals surface area contributed by atoms with Crippen molar-refractivity contribution in [2.24, 2.45) is 11.7 Å². The maximum Gasteiger partial charge on any atom is 0.246 e. The first kappa shape index (κ1) is 15.6. The van der Waals surface area contributed by atoms with E-state index in [9.17, 15) is 9.59 Å². The normalized spacial score (nSPS) is 16.4. The molecule has 0 unspecified atom stereocenters. The Hall–Kier alpha value is -1.81. The highest BCUT2D eigenvalue weighted by atomic mass is 35.5. The van der Waals surface area contributed by atoms with E-state index in [4.69, 9.17) is 17.3 Å². The molecule has 0 saturated carbocycles. The summed E-state index contributed by atoms with van der Waals surface area (Å²) in [5.41, 5.74) is 7.18. The van der Waals surface area contributed by atoms with Crippen LogP contribution in [0.1, 0.15) is 24.0 Å². The van der Waals surface area contributed by atoms with Crippen LogP contribution in [0.2, 0.25) is 5.02 Å². The number of amides is 2. The van der Waals surface area contributed by atoms with Crippen molar-refractivity contribution in [3.63, 3.8) is 0 Å².